The molecule has 17 heavy (non-hydrogen) atoms. The summed E-state index contributed by atoms with van der Waals surface area (Å²) in [6.07, 6.45) is 2.79. The first-order chi connectivity index (χ1) is 7.62. The molecule has 0 aromatic rings. The second kappa shape index (κ2) is 3.52. The molecular formula is C17H32. The van der Waals surface area contributed by atoms with Crippen LogP contribution in [0.2, 0.25) is 0 Å². The minimum absolute atomic E-state index is 0.520. The van der Waals surface area contributed by atoms with E-state index in [0.29, 0.717) is 16.2 Å². The van der Waals surface area contributed by atoms with Crippen LogP contribution in [-0.2, 0) is 0 Å². The van der Waals surface area contributed by atoms with Crippen LogP contribution in [0.5, 0.6) is 0 Å². The molecule has 0 spiro atoms. The Kier molecular flexibility index (Phi) is 2.78. The molecule has 0 heteroatoms. The van der Waals surface area contributed by atoms with Gasteiger partial charge in [0.15, 0.2) is 0 Å². The van der Waals surface area contributed by atoms with Crippen molar-refractivity contribution in [2.24, 2.45) is 39.9 Å². The van der Waals surface area contributed by atoms with Crippen molar-refractivity contribution in [3.05, 3.63) is 0 Å². The predicted octanol–water partition coefficient (Wildman–Crippen LogP) is 5.38. The Hall–Kier alpha value is 0. The van der Waals surface area contributed by atoms with E-state index in [1.165, 1.54) is 12.8 Å². The van der Waals surface area contributed by atoms with Gasteiger partial charge in [-0.15, -0.1) is 0 Å². The van der Waals surface area contributed by atoms with Crippen molar-refractivity contribution in [3.8, 4) is 0 Å². The smallest absolute Gasteiger partial charge is 0.0212 e. The fraction of sp³-hybridized carbons (Fsp3) is 1.00. The van der Waals surface area contributed by atoms with Gasteiger partial charge in [0.25, 0.3) is 0 Å². The van der Waals surface area contributed by atoms with Gasteiger partial charge in [-0.3, -0.25) is 0 Å². The normalized spacial score (nSPS) is 49.6. The molecule has 0 aliphatic heterocycles. The van der Waals surface area contributed by atoms with Gasteiger partial charge in [0, 0.05) is 0 Å². The predicted molar refractivity (Wildman–Crippen MR) is 75.9 cm³/mol. The van der Waals surface area contributed by atoms with E-state index in [1.54, 1.807) is 0 Å². The Labute approximate surface area is 109 Å². The van der Waals surface area contributed by atoms with Crippen molar-refractivity contribution in [2.75, 3.05) is 0 Å². The average molecular weight is 236 g/mol. The zero-order valence-corrected chi connectivity index (χ0v) is 13.2. The van der Waals surface area contributed by atoms with Gasteiger partial charge in [-0.05, 0) is 46.3 Å². The van der Waals surface area contributed by atoms with E-state index in [2.05, 4.69) is 55.4 Å². The number of hydrogen-bond donors (Lipinski definition) is 0. The van der Waals surface area contributed by atoms with Crippen molar-refractivity contribution >= 4 is 0 Å². The third kappa shape index (κ3) is 1.55. The van der Waals surface area contributed by atoms with Gasteiger partial charge in [-0.2, -0.15) is 0 Å². The Bertz CT molecular complexity index is 314. The van der Waals surface area contributed by atoms with Crippen molar-refractivity contribution in [3.63, 3.8) is 0 Å². The maximum absolute atomic E-state index is 2.55. The molecule has 0 N–H and O–H groups in total. The van der Waals surface area contributed by atoms with E-state index in [0.717, 1.165) is 23.7 Å². The third-order valence-corrected chi connectivity index (χ3v) is 7.20. The van der Waals surface area contributed by atoms with Gasteiger partial charge < -0.3 is 0 Å². The van der Waals surface area contributed by atoms with Crippen molar-refractivity contribution in [1.82, 2.24) is 0 Å². The summed E-state index contributed by atoms with van der Waals surface area (Å²) in [6, 6.07) is 0. The Morgan fingerprint density at radius 1 is 1.24 bits per heavy atom. The van der Waals surface area contributed by atoms with Gasteiger partial charge >= 0.3 is 0 Å². The quantitative estimate of drug-likeness (QED) is 0.615. The zero-order valence-electron chi connectivity index (χ0n) is 13.2. The molecule has 2 aliphatic rings. The summed E-state index contributed by atoms with van der Waals surface area (Å²) in [5.41, 5.74) is 1.71. The van der Waals surface area contributed by atoms with Crippen LogP contribution in [0.1, 0.15) is 68.2 Å². The Morgan fingerprint density at radius 2 is 1.76 bits per heavy atom. The maximum Gasteiger partial charge on any atom is -0.0212 e. The largest absolute Gasteiger partial charge is 0.0648 e. The molecule has 5 unspecified atom stereocenters. The molecule has 2 saturated carbocycles. The molecule has 0 aromatic heterocycles. The van der Waals surface area contributed by atoms with Crippen molar-refractivity contribution in [1.29, 1.82) is 0 Å². The van der Waals surface area contributed by atoms with E-state index in [4.69, 9.17) is 0 Å². The molecule has 0 bridgehead atoms. The van der Waals surface area contributed by atoms with Gasteiger partial charge in [0.1, 0.15) is 0 Å². The van der Waals surface area contributed by atoms with Gasteiger partial charge in [0.2, 0.25) is 0 Å². The SMILES string of the molecule is CCC1(C)CC1(C)C(C)(C)C1C(C)C1C(C)C. The van der Waals surface area contributed by atoms with Crippen LogP contribution in [0, 0.1) is 39.9 Å². The summed E-state index contributed by atoms with van der Waals surface area (Å²) in [4.78, 5) is 0. The molecule has 2 rings (SSSR count). The van der Waals surface area contributed by atoms with Crippen LogP contribution in [0.4, 0.5) is 0 Å². The third-order valence-electron chi connectivity index (χ3n) is 7.20. The monoisotopic (exact) mass is 236 g/mol. The van der Waals surface area contributed by atoms with Gasteiger partial charge in [-0.1, -0.05) is 61.8 Å². The fourth-order valence-electron chi connectivity index (χ4n) is 5.28. The highest BCUT2D eigenvalue weighted by Crippen LogP contribution is 2.79. The van der Waals surface area contributed by atoms with Crippen LogP contribution >= 0.6 is 0 Å². The molecular weight excluding hydrogens is 204 g/mol. The lowest BCUT2D eigenvalue weighted by atomic mass is 9.67. The van der Waals surface area contributed by atoms with Crippen molar-refractivity contribution in [2.45, 2.75) is 68.2 Å². The van der Waals surface area contributed by atoms with Crippen LogP contribution in [-0.4, -0.2) is 0 Å². The summed E-state index contributed by atoms with van der Waals surface area (Å²) < 4.78 is 0. The Morgan fingerprint density at radius 3 is 2.06 bits per heavy atom. The summed E-state index contributed by atoms with van der Waals surface area (Å²) >= 11 is 0. The first-order valence-electron chi connectivity index (χ1n) is 7.62. The van der Waals surface area contributed by atoms with Gasteiger partial charge in [-0.25, -0.2) is 0 Å². The lowest BCUT2D eigenvalue weighted by Crippen LogP contribution is -2.31. The molecule has 0 nitrogen and oxygen atoms in total. The highest BCUT2D eigenvalue weighted by molar-refractivity contribution is 5.20. The van der Waals surface area contributed by atoms with Crippen LogP contribution in [0.15, 0.2) is 0 Å². The second-order valence-electron chi connectivity index (χ2n) is 8.35. The Balaban J connectivity index is 2.17. The first kappa shape index (κ1) is 13.4. The summed E-state index contributed by atoms with van der Waals surface area (Å²) in [5.74, 6) is 3.75. The number of rotatable bonds is 4. The number of hydrogen-bond acceptors (Lipinski definition) is 0. The van der Waals surface area contributed by atoms with Crippen LogP contribution in [0.3, 0.4) is 0 Å². The molecule has 2 aliphatic carbocycles. The molecule has 0 amide bonds. The first-order valence-corrected chi connectivity index (χ1v) is 7.62. The molecule has 0 heterocycles. The standard InChI is InChI=1S/C17H32/c1-9-16(7)10-17(16,8)15(5,6)14-12(4)13(14)11(2)3/h11-14H,9-10H2,1-8H3. The van der Waals surface area contributed by atoms with E-state index in [1.807, 2.05) is 0 Å². The summed E-state index contributed by atoms with van der Waals surface area (Å²) in [6.45, 7) is 19.8. The summed E-state index contributed by atoms with van der Waals surface area (Å²) in [5, 5.41) is 0. The van der Waals surface area contributed by atoms with Crippen LogP contribution in [0.25, 0.3) is 0 Å². The topological polar surface area (TPSA) is 0 Å². The molecule has 0 aromatic carbocycles. The minimum Gasteiger partial charge on any atom is -0.0648 e. The van der Waals surface area contributed by atoms with E-state index >= 15 is 0 Å². The van der Waals surface area contributed by atoms with E-state index in [-0.39, 0.29) is 0 Å². The lowest BCUT2D eigenvalue weighted by Gasteiger charge is -2.37. The van der Waals surface area contributed by atoms with Crippen molar-refractivity contribution < 1.29 is 0 Å². The average Bonchev–Trinajstić information content (AvgIpc) is 3.03. The maximum atomic E-state index is 2.55. The molecule has 100 valence electrons. The minimum atomic E-state index is 0.520. The van der Waals surface area contributed by atoms with E-state index in [9.17, 15) is 0 Å². The lowest BCUT2D eigenvalue weighted by molar-refractivity contribution is 0.107. The molecule has 5 atom stereocenters. The molecule has 0 saturated heterocycles. The second-order valence-corrected chi connectivity index (χ2v) is 8.35. The van der Waals surface area contributed by atoms with Crippen LogP contribution < -0.4 is 0 Å². The van der Waals surface area contributed by atoms with E-state index < -0.39 is 0 Å². The zero-order chi connectivity index (χ0) is 13.2. The highest BCUT2D eigenvalue weighted by Gasteiger charge is 2.72. The fourth-order valence-corrected chi connectivity index (χ4v) is 5.28. The molecule has 2 fully saturated rings. The van der Waals surface area contributed by atoms with Gasteiger partial charge in [0.05, 0.1) is 0 Å². The summed E-state index contributed by atoms with van der Waals surface area (Å²) in [7, 11) is 0. The highest BCUT2D eigenvalue weighted by atomic mass is 14.8. The molecule has 0 radical (unpaired) electrons.